The first-order chi connectivity index (χ1) is 9.68. The lowest BCUT2D eigenvalue weighted by Crippen LogP contribution is -2.41. The Hall–Kier alpha value is -0.120. The fourth-order valence-electron chi connectivity index (χ4n) is 2.15. The Bertz CT molecular complexity index is 181. The molecule has 0 rings (SSSR count). The van der Waals surface area contributed by atoms with E-state index in [1.54, 1.807) is 0 Å². The SMILES string of the molecule is CCCCCCCOC(C)(CN)OCCCCCCC. The van der Waals surface area contributed by atoms with Crippen LogP contribution in [-0.2, 0) is 9.47 Å². The number of rotatable bonds is 15. The first-order valence-corrected chi connectivity index (χ1v) is 8.66. The van der Waals surface area contributed by atoms with Crippen LogP contribution in [0.3, 0.4) is 0 Å². The maximum absolute atomic E-state index is 5.84. The topological polar surface area (TPSA) is 44.5 Å². The van der Waals surface area contributed by atoms with Gasteiger partial charge in [-0.05, 0) is 19.8 Å². The molecule has 0 aliphatic rings. The van der Waals surface area contributed by atoms with Gasteiger partial charge in [0.2, 0.25) is 0 Å². The van der Waals surface area contributed by atoms with Crippen LogP contribution in [0.4, 0.5) is 0 Å². The van der Waals surface area contributed by atoms with Crippen molar-refractivity contribution >= 4 is 0 Å². The van der Waals surface area contributed by atoms with Crippen molar-refractivity contribution in [3.05, 3.63) is 0 Å². The fourth-order valence-corrected chi connectivity index (χ4v) is 2.15. The predicted octanol–water partition coefficient (Wildman–Crippen LogP) is 4.64. The molecule has 3 nitrogen and oxygen atoms in total. The van der Waals surface area contributed by atoms with Crippen LogP contribution in [0.5, 0.6) is 0 Å². The van der Waals surface area contributed by atoms with Gasteiger partial charge in [0.15, 0.2) is 5.79 Å². The van der Waals surface area contributed by atoms with E-state index in [0.717, 1.165) is 26.1 Å². The summed E-state index contributed by atoms with van der Waals surface area (Å²) in [5.41, 5.74) is 5.78. The van der Waals surface area contributed by atoms with Crippen LogP contribution in [0.25, 0.3) is 0 Å². The van der Waals surface area contributed by atoms with Crippen molar-refractivity contribution in [1.82, 2.24) is 0 Å². The van der Waals surface area contributed by atoms with Crippen molar-refractivity contribution in [3.8, 4) is 0 Å². The lowest BCUT2D eigenvalue weighted by atomic mass is 10.1. The van der Waals surface area contributed by atoms with Crippen LogP contribution >= 0.6 is 0 Å². The molecule has 0 radical (unpaired) electrons. The molecule has 122 valence electrons. The largest absolute Gasteiger partial charge is 0.349 e. The summed E-state index contributed by atoms with van der Waals surface area (Å²) >= 11 is 0. The summed E-state index contributed by atoms with van der Waals surface area (Å²) in [6.45, 7) is 8.37. The third-order valence-corrected chi connectivity index (χ3v) is 3.68. The van der Waals surface area contributed by atoms with Gasteiger partial charge in [-0.15, -0.1) is 0 Å². The summed E-state index contributed by atoms with van der Waals surface area (Å²) in [6, 6.07) is 0. The van der Waals surface area contributed by atoms with E-state index in [-0.39, 0.29) is 0 Å². The van der Waals surface area contributed by atoms with Gasteiger partial charge in [0.25, 0.3) is 0 Å². The smallest absolute Gasteiger partial charge is 0.177 e. The van der Waals surface area contributed by atoms with Crippen molar-refractivity contribution in [2.75, 3.05) is 19.8 Å². The summed E-state index contributed by atoms with van der Waals surface area (Å²) in [5.74, 6) is -0.588. The van der Waals surface area contributed by atoms with E-state index < -0.39 is 5.79 Å². The third kappa shape index (κ3) is 11.7. The zero-order valence-electron chi connectivity index (χ0n) is 14.1. The quantitative estimate of drug-likeness (QED) is 0.352. The second-order valence-electron chi connectivity index (χ2n) is 5.86. The van der Waals surface area contributed by atoms with Gasteiger partial charge in [0.1, 0.15) is 0 Å². The van der Waals surface area contributed by atoms with Gasteiger partial charge in [-0.2, -0.15) is 0 Å². The molecule has 0 aromatic rings. The minimum absolute atomic E-state index is 0.428. The molecule has 0 heterocycles. The Morgan fingerprint density at radius 1 is 0.700 bits per heavy atom. The first kappa shape index (κ1) is 19.9. The maximum Gasteiger partial charge on any atom is 0.177 e. The van der Waals surface area contributed by atoms with Crippen LogP contribution in [0, 0.1) is 0 Å². The van der Waals surface area contributed by atoms with Crippen molar-refractivity contribution < 1.29 is 9.47 Å². The van der Waals surface area contributed by atoms with Crippen LogP contribution in [0.2, 0.25) is 0 Å². The molecular formula is C17H37NO2. The van der Waals surface area contributed by atoms with Crippen molar-refractivity contribution in [1.29, 1.82) is 0 Å². The third-order valence-electron chi connectivity index (χ3n) is 3.68. The predicted molar refractivity (Wildman–Crippen MR) is 86.9 cm³/mol. The number of ether oxygens (including phenoxy) is 2. The number of nitrogens with two attached hydrogens (primary N) is 1. The zero-order valence-corrected chi connectivity index (χ0v) is 14.1. The first-order valence-electron chi connectivity index (χ1n) is 8.66. The van der Waals surface area contributed by atoms with Crippen LogP contribution in [-0.4, -0.2) is 25.5 Å². The number of hydrogen-bond acceptors (Lipinski definition) is 3. The number of hydrogen-bond donors (Lipinski definition) is 1. The van der Waals surface area contributed by atoms with Crippen LogP contribution in [0.1, 0.15) is 85.0 Å². The molecule has 0 aromatic heterocycles. The summed E-state index contributed by atoms with van der Waals surface area (Å²) in [4.78, 5) is 0. The Morgan fingerprint density at radius 3 is 1.45 bits per heavy atom. The highest BCUT2D eigenvalue weighted by Crippen LogP contribution is 2.14. The molecule has 3 heteroatoms. The van der Waals surface area contributed by atoms with E-state index in [4.69, 9.17) is 15.2 Å². The Kier molecular flexibility index (Phi) is 13.8. The molecule has 2 N–H and O–H groups in total. The molecule has 0 aromatic carbocycles. The summed E-state index contributed by atoms with van der Waals surface area (Å²) in [5, 5.41) is 0. The molecule has 0 aliphatic heterocycles. The molecule has 0 atom stereocenters. The van der Waals surface area contributed by atoms with Crippen molar-refractivity contribution in [3.63, 3.8) is 0 Å². The molecule has 0 spiro atoms. The highest BCUT2D eigenvalue weighted by molar-refractivity contribution is 4.64. The highest BCUT2D eigenvalue weighted by Gasteiger charge is 2.23. The molecule has 0 saturated heterocycles. The van der Waals surface area contributed by atoms with Gasteiger partial charge in [0, 0.05) is 6.54 Å². The fraction of sp³-hybridized carbons (Fsp3) is 1.00. The van der Waals surface area contributed by atoms with Crippen LogP contribution < -0.4 is 5.73 Å². The standard InChI is InChI=1S/C17H37NO2/c1-4-6-8-10-12-14-19-17(3,16-18)20-15-13-11-9-7-5-2/h4-16,18H2,1-3H3. The molecule has 0 aliphatic carbocycles. The lowest BCUT2D eigenvalue weighted by Gasteiger charge is -2.28. The molecule has 0 fully saturated rings. The summed E-state index contributed by atoms with van der Waals surface area (Å²) in [6.07, 6.45) is 12.5. The van der Waals surface area contributed by atoms with E-state index in [9.17, 15) is 0 Å². The van der Waals surface area contributed by atoms with E-state index in [1.165, 1.54) is 51.4 Å². The Balaban J connectivity index is 3.57. The summed E-state index contributed by atoms with van der Waals surface area (Å²) in [7, 11) is 0. The van der Waals surface area contributed by atoms with Gasteiger partial charge < -0.3 is 15.2 Å². The minimum atomic E-state index is -0.588. The molecule has 20 heavy (non-hydrogen) atoms. The van der Waals surface area contributed by atoms with E-state index in [1.807, 2.05) is 6.92 Å². The second kappa shape index (κ2) is 13.8. The normalized spacial score (nSPS) is 12.0. The van der Waals surface area contributed by atoms with Gasteiger partial charge in [0.05, 0.1) is 13.2 Å². The van der Waals surface area contributed by atoms with Crippen molar-refractivity contribution in [2.24, 2.45) is 5.73 Å². The molecule has 0 unspecified atom stereocenters. The Morgan fingerprint density at radius 2 is 1.10 bits per heavy atom. The average Bonchev–Trinajstić information content (AvgIpc) is 2.46. The van der Waals surface area contributed by atoms with E-state index in [2.05, 4.69) is 13.8 Å². The monoisotopic (exact) mass is 287 g/mol. The lowest BCUT2D eigenvalue weighted by molar-refractivity contribution is -0.219. The highest BCUT2D eigenvalue weighted by atomic mass is 16.7. The van der Waals surface area contributed by atoms with Gasteiger partial charge in [-0.25, -0.2) is 0 Å². The molecular weight excluding hydrogens is 250 g/mol. The number of unbranched alkanes of at least 4 members (excludes halogenated alkanes) is 8. The molecule has 0 amide bonds. The second-order valence-corrected chi connectivity index (χ2v) is 5.86. The average molecular weight is 287 g/mol. The summed E-state index contributed by atoms with van der Waals surface area (Å²) < 4.78 is 11.7. The van der Waals surface area contributed by atoms with Gasteiger partial charge in [-0.3, -0.25) is 0 Å². The Labute approximate surface area is 126 Å². The maximum atomic E-state index is 5.84. The van der Waals surface area contributed by atoms with Gasteiger partial charge in [-0.1, -0.05) is 65.2 Å². The van der Waals surface area contributed by atoms with E-state index >= 15 is 0 Å². The minimum Gasteiger partial charge on any atom is -0.349 e. The van der Waals surface area contributed by atoms with Gasteiger partial charge >= 0.3 is 0 Å². The van der Waals surface area contributed by atoms with Crippen molar-refractivity contribution in [2.45, 2.75) is 90.8 Å². The van der Waals surface area contributed by atoms with Crippen LogP contribution in [0.15, 0.2) is 0 Å². The zero-order chi connectivity index (χ0) is 15.1. The van der Waals surface area contributed by atoms with E-state index in [0.29, 0.717) is 6.54 Å². The molecule has 0 bridgehead atoms. The molecule has 0 saturated carbocycles.